The van der Waals surface area contributed by atoms with Crippen LogP contribution in [0.4, 0.5) is 4.79 Å². The second-order valence-electron chi connectivity index (χ2n) is 5.18. The van der Waals surface area contributed by atoms with Gasteiger partial charge in [0, 0.05) is 30.5 Å². The van der Waals surface area contributed by atoms with E-state index in [0.717, 1.165) is 19.4 Å². The minimum atomic E-state index is -0.538. The fourth-order valence-electron chi connectivity index (χ4n) is 2.50. The van der Waals surface area contributed by atoms with Gasteiger partial charge in [-0.1, -0.05) is 11.6 Å². The molecular weight excluding hydrogens is 304 g/mol. The summed E-state index contributed by atoms with van der Waals surface area (Å²) in [6.07, 6.45) is 11.8. The molecule has 0 fully saturated rings. The molecule has 1 atom stereocenters. The molecule has 0 saturated carbocycles. The van der Waals surface area contributed by atoms with Gasteiger partial charge in [-0.15, -0.1) is 0 Å². The zero-order chi connectivity index (χ0) is 15.5. The van der Waals surface area contributed by atoms with E-state index in [1.165, 1.54) is 4.90 Å². The monoisotopic (exact) mass is 318 g/mol. The Kier molecular flexibility index (Phi) is 4.20. The van der Waals surface area contributed by atoms with Crippen LogP contribution < -0.4 is 0 Å². The summed E-state index contributed by atoms with van der Waals surface area (Å²) < 4.78 is 1.96. The number of rotatable bonds is 5. The molecule has 7 heteroatoms. The SMILES string of the molecule is O=C1N=C2C=CC(Cl)=CC2C(=O)N1CCCCn1ccnc1. The minimum Gasteiger partial charge on any atom is -0.337 e. The number of carbonyl (C=O) groups excluding carboxylic acids is 2. The van der Waals surface area contributed by atoms with Crippen molar-refractivity contribution in [3.63, 3.8) is 0 Å². The van der Waals surface area contributed by atoms with Crippen molar-refractivity contribution >= 4 is 29.3 Å². The Morgan fingerprint density at radius 1 is 1.18 bits per heavy atom. The normalized spacial score (nSPS) is 20.8. The van der Waals surface area contributed by atoms with Crippen LogP contribution in [0.1, 0.15) is 12.8 Å². The van der Waals surface area contributed by atoms with Gasteiger partial charge < -0.3 is 4.57 Å². The maximum absolute atomic E-state index is 12.4. The number of aliphatic imine (C=N–C) groups is 1. The Bertz CT molecular complexity index is 676. The molecule has 1 aliphatic heterocycles. The second-order valence-corrected chi connectivity index (χ2v) is 5.62. The van der Waals surface area contributed by atoms with Crippen molar-refractivity contribution in [3.05, 3.63) is 42.0 Å². The molecule has 1 unspecified atom stereocenters. The van der Waals surface area contributed by atoms with E-state index in [9.17, 15) is 9.59 Å². The van der Waals surface area contributed by atoms with E-state index in [2.05, 4.69) is 9.98 Å². The van der Waals surface area contributed by atoms with Gasteiger partial charge in [-0.3, -0.25) is 9.69 Å². The van der Waals surface area contributed by atoms with Gasteiger partial charge in [-0.05, 0) is 31.1 Å². The van der Waals surface area contributed by atoms with Crippen LogP contribution in [0, 0.1) is 5.92 Å². The lowest BCUT2D eigenvalue weighted by atomic mass is 9.95. The van der Waals surface area contributed by atoms with Gasteiger partial charge in [0.05, 0.1) is 12.0 Å². The maximum Gasteiger partial charge on any atom is 0.350 e. The number of imide groups is 1. The zero-order valence-electron chi connectivity index (χ0n) is 11.9. The summed E-state index contributed by atoms with van der Waals surface area (Å²) >= 11 is 5.92. The molecule has 1 aromatic heterocycles. The summed E-state index contributed by atoms with van der Waals surface area (Å²) in [7, 11) is 0. The third-order valence-corrected chi connectivity index (χ3v) is 3.90. The van der Waals surface area contributed by atoms with Crippen LogP contribution in [0.25, 0.3) is 0 Å². The van der Waals surface area contributed by atoms with Crippen molar-refractivity contribution in [1.29, 1.82) is 0 Å². The topological polar surface area (TPSA) is 67.6 Å². The summed E-state index contributed by atoms with van der Waals surface area (Å²) in [6.45, 7) is 1.18. The minimum absolute atomic E-state index is 0.250. The third-order valence-electron chi connectivity index (χ3n) is 3.65. The lowest BCUT2D eigenvalue weighted by molar-refractivity contribution is -0.129. The number of imidazole rings is 1. The van der Waals surface area contributed by atoms with Crippen molar-refractivity contribution in [1.82, 2.24) is 14.5 Å². The lowest BCUT2D eigenvalue weighted by Gasteiger charge is -2.28. The van der Waals surface area contributed by atoms with Crippen LogP contribution in [-0.4, -0.2) is 38.6 Å². The first kappa shape index (κ1) is 14.7. The molecule has 3 rings (SSSR count). The predicted molar refractivity (Wildman–Crippen MR) is 82.6 cm³/mol. The number of hydrogen-bond donors (Lipinski definition) is 0. The van der Waals surface area contributed by atoms with Gasteiger partial charge in [0.1, 0.15) is 5.92 Å². The largest absolute Gasteiger partial charge is 0.350 e. The molecule has 22 heavy (non-hydrogen) atoms. The molecule has 3 amide bonds. The molecule has 2 heterocycles. The summed E-state index contributed by atoms with van der Waals surface area (Å²) in [5.41, 5.74) is 0.467. The number of aryl methyl sites for hydroxylation is 1. The molecule has 0 saturated heterocycles. The summed E-state index contributed by atoms with van der Waals surface area (Å²) in [4.78, 5) is 33.5. The van der Waals surface area contributed by atoms with E-state index < -0.39 is 11.9 Å². The quantitative estimate of drug-likeness (QED) is 0.783. The van der Waals surface area contributed by atoms with Crippen LogP contribution in [0.5, 0.6) is 0 Å². The molecule has 0 spiro atoms. The third kappa shape index (κ3) is 3.01. The fraction of sp³-hybridized carbons (Fsp3) is 0.333. The molecular formula is C15H15ClN4O2. The Hall–Kier alpha value is -2.21. The standard InChI is InChI=1S/C15H15ClN4O2/c16-11-3-4-13-12(9-11)14(21)20(15(22)18-13)7-2-1-6-19-8-5-17-10-19/h3-5,8-10,12H,1-2,6-7H2. The average molecular weight is 319 g/mol. The predicted octanol–water partition coefficient (Wildman–Crippen LogP) is 2.38. The van der Waals surface area contributed by atoms with E-state index in [4.69, 9.17) is 11.6 Å². The van der Waals surface area contributed by atoms with Crippen molar-refractivity contribution < 1.29 is 9.59 Å². The number of amides is 3. The number of allylic oxidation sites excluding steroid dienone is 3. The number of unbranched alkanes of at least 4 members (excludes halogenated alkanes) is 1. The summed E-state index contributed by atoms with van der Waals surface area (Å²) in [5, 5.41) is 0.492. The molecule has 0 bridgehead atoms. The molecule has 2 aliphatic rings. The van der Waals surface area contributed by atoms with Crippen LogP contribution in [-0.2, 0) is 11.3 Å². The van der Waals surface area contributed by atoms with Crippen LogP contribution in [0.15, 0.2) is 47.0 Å². The number of urea groups is 1. The highest BCUT2D eigenvalue weighted by atomic mass is 35.5. The van der Waals surface area contributed by atoms with Crippen LogP contribution in [0.3, 0.4) is 0 Å². The fourth-order valence-corrected chi connectivity index (χ4v) is 2.68. The number of aromatic nitrogens is 2. The van der Waals surface area contributed by atoms with Crippen molar-refractivity contribution in [3.8, 4) is 0 Å². The second kappa shape index (κ2) is 6.27. The number of nitrogens with zero attached hydrogens (tertiary/aromatic N) is 4. The highest BCUT2D eigenvalue weighted by molar-refractivity contribution is 6.33. The Balaban J connectivity index is 1.59. The van der Waals surface area contributed by atoms with Crippen LogP contribution >= 0.6 is 11.6 Å². The molecule has 0 radical (unpaired) electrons. The van der Waals surface area contributed by atoms with E-state index in [1.54, 1.807) is 30.8 Å². The first-order valence-corrected chi connectivity index (χ1v) is 7.48. The molecule has 1 aromatic rings. The van der Waals surface area contributed by atoms with Gasteiger partial charge in [0.15, 0.2) is 0 Å². The molecule has 0 N–H and O–H groups in total. The number of halogens is 1. The van der Waals surface area contributed by atoms with Crippen molar-refractivity contribution in [2.45, 2.75) is 19.4 Å². The van der Waals surface area contributed by atoms with Crippen LogP contribution in [0.2, 0.25) is 0 Å². The highest BCUT2D eigenvalue weighted by Gasteiger charge is 2.35. The van der Waals surface area contributed by atoms with Gasteiger partial charge in [0.25, 0.3) is 0 Å². The highest BCUT2D eigenvalue weighted by Crippen LogP contribution is 2.24. The molecule has 1 aliphatic carbocycles. The Morgan fingerprint density at radius 2 is 2.00 bits per heavy atom. The van der Waals surface area contributed by atoms with Crippen molar-refractivity contribution in [2.75, 3.05) is 6.54 Å². The van der Waals surface area contributed by atoms with E-state index in [1.807, 2.05) is 10.8 Å². The summed E-state index contributed by atoms with van der Waals surface area (Å²) in [5.74, 6) is -0.788. The Labute approximate surface area is 132 Å². The number of hydrogen-bond acceptors (Lipinski definition) is 3. The Morgan fingerprint density at radius 3 is 2.77 bits per heavy atom. The van der Waals surface area contributed by atoms with E-state index in [-0.39, 0.29) is 5.91 Å². The van der Waals surface area contributed by atoms with Gasteiger partial charge in [-0.25, -0.2) is 9.78 Å². The maximum atomic E-state index is 12.4. The van der Waals surface area contributed by atoms with Crippen molar-refractivity contribution in [2.24, 2.45) is 10.9 Å². The molecule has 0 aromatic carbocycles. The first-order chi connectivity index (χ1) is 10.6. The molecule has 6 nitrogen and oxygen atoms in total. The smallest absolute Gasteiger partial charge is 0.337 e. The molecule has 114 valence electrons. The summed E-state index contributed by atoms with van der Waals surface area (Å²) in [6, 6.07) is -0.491. The van der Waals surface area contributed by atoms with Gasteiger partial charge in [0.2, 0.25) is 5.91 Å². The van der Waals surface area contributed by atoms with Gasteiger partial charge >= 0.3 is 6.03 Å². The average Bonchev–Trinajstić information content (AvgIpc) is 3.00. The van der Waals surface area contributed by atoms with Gasteiger partial charge in [-0.2, -0.15) is 4.99 Å². The zero-order valence-corrected chi connectivity index (χ0v) is 12.6. The first-order valence-electron chi connectivity index (χ1n) is 7.10. The van der Waals surface area contributed by atoms with E-state index in [0.29, 0.717) is 17.3 Å². The number of fused-ring (bicyclic) bond motifs is 1. The van der Waals surface area contributed by atoms with E-state index >= 15 is 0 Å². The number of carbonyl (C=O) groups is 2. The lowest BCUT2D eigenvalue weighted by Crippen LogP contribution is -2.46.